The van der Waals surface area contributed by atoms with Crippen LogP contribution in [0, 0.1) is 0 Å². The molecule has 2 amide bonds. The standard InChI is InChI=1S/C20H19N3O3/c1-12(15-10-23(2)17-6-4-3-5-14(15)17)20(25)21-13-7-8-16-18(9-13)26-11-19(24)22-16/h3-10,12H,11H2,1-2H3,(H,21,25)(H,22,24). The molecule has 2 N–H and O–H groups in total. The first kappa shape index (κ1) is 16.2. The molecule has 1 aliphatic rings. The number of benzene rings is 2. The number of amides is 2. The summed E-state index contributed by atoms with van der Waals surface area (Å²) in [6, 6.07) is 13.2. The van der Waals surface area contributed by atoms with Crippen LogP contribution in [0.4, 0.5) is 11.4 Å². The number of nitrogens with zero attached hydrogens (tertiary/aromatic N) is 1. The molecule has 1 unspecified atom stereocenters. The van der Waals surface area contributed by atoms with Crippen molar-refractivity contribution in [3.05, 3.63) is 54.2 Å². The van der Waals surface area contributed by atoms with E-state index in [1.54, 1.807) is 18.2 Å². The Balaban J connectivity index is 1.57. The molecule has 2 aromatic carbocycles. The van der Waals surface area contributed by atoms with Crippen LogP contribution in [0.2, 0.25) is 0 Å². The molecule has 0 saturated carbocycles. The van der Waals surface area contributed by atoms with E-state index in [1.165, 1.54) is 0 Å². The highest BCUT2D eigenvalue weighted by atomic mass is 16.5. The number of hydrogen-bond donors (Lipinski definition) is 2. The number of carbonyl (C=O) groups excluding carboxylic acids is 2. The summed E-state index contributed by atoms with van der Waals surface area (Å²) in [7, 11) is 1.98. The molecule has 0 radical (unpaired) electrons. The fourth-order valence-corrected chi connectivity index (χ4v) is 3.26. The van der Waals surface area contributed by atoms with Gasteiger partial charge in [-0.2, -0.15) is 0 Å². The molecule has 0 fully saturated rings. The molecule has 6 heteroatoms. The number of anilines is 2. The Kier molecular flexibility index (Phi) is 3.88. The lowest BCUT2D eigenvalue weighted by atomic mass is 9.99. The van der Waals surface area contributed by atoms with Gasteiger partial charge in [-0.3, -0.25) is 9.59 Å². The van der Waals surface area contributed by atoms with E-state index in [9.17, 15) is 9.59 Å². The fraction of sp³-hybridized carbons (Fsp3) is 0.200. The molecule has 0 bridgehead atoms. The molecule has 0 saturated heterocycles. The number of carbonyl (C=O) groups is 2. The van der Waals surface area contributed by atoms with Gasteiger partial charge in [-0.15, -0.1) is 0 Å². The van der Waals surface area contributed by atoms with Gasteiger partial charge in [-0.25, -0.2) is 0 Å². The normalized spacial score (nSPS) is 14.3. The molecular weight excluding hydrogens is 330 g/mol. The van der Waals surface area contributed by atoms with Crippen molar-refractivity contribution in [1.82, 2.24) is 4.57 Å². The van der Waals surface area contributed by atoms with Crippen molar-refractivity contribution in [2.45, 2.75) is 12.8 Å². The summed E-state index contributed by atoms with van der Waals surface area (Å²) in [5.74, 6) is -0.0296. The first-order chi connectivity index (χ1) is 12.5. The monoisotopic (exact) mass is 349 g/mol. The summed E-state index contributed by atoms with van der Waals surface area (Å²) in [5.41, 5.74) is 3.33. The van der Waals surface area contributed by atoms with E-state index in [4.69, 9.17) is 4.74 Å². The van der Waals surface area contributed by atoms with Crippen molar-refractivity contribution in [2.24, 2.45) is 7.05 Å². The second kappa shape index (κ2) is 6.22. The van der Waals surface area contributed by atoms with Crippen molar-refractivity contribution >= 4 is 34.1 Å². The minimum atomic E-state index is -0.308. The number of fused-ring (bicyclic) bond motifs is 2. The highest BCUT2D eigenvalue weighted by Crippen LogP contribution is 2.32. The number of aromatic nitrogens is 1. The molecule has 2 heterocycles. The Morgan fingerprint density at radius 1 is 1.27 bits per heavy atom. The summed E-state index contributed by atoms with van der Waals surface area (Å²) >= 11 is 0. The van der Waals surface area contributed by atoms with Gasteiger partial charge in [0.15, 0.2) is 6.61 Å². The predicted molar refractivity (Wildman–Crippen MR) is 101 cm³/mol. The van der Waals surface area contributed by atoms with Gasteiger partial charge in [0.25, 0.3) is 5.91 Å². The maximum atomic E-state index is 12.8. The Morgan fingerprint density at radius 2 is 2.08 bits per heavy atom. The van der Waals surface area contributed by atoms with Crippen LogP contribution in [0.5, 0.6) is 5.75 Å². The van der Waals surface area contributed by atoms with E-state index in [-0.39, 0.29) is 24.3 Å². The van der Waals surface area contributed by atoms with Crippen molar-refractivity contribution < 1.29 is 14.3 Å². The largest absolute Gasteiger partial charge is 0.482 e. The van der Waals surface area contributed by atoms with Crippen LogP contribution >= 0.6 is 0 Å². The lowest BCUT2D eigenvalue weighted by molar-refractivity contribution is -0.119. The first-order valence-corrected chi connectivity index (χ1v) is 8.44. The number of ether oxygens (including phenoxy) is 1. The third kappa shape index (κ3) is 2.79. The lowest BCUT2D eigenvalue weighted by Crippen LogP contribution is -2.25. The molecule has 132 valence electrons. The number of para-hydroxylation sites is 1. The minimum Gasteiger partial charge on any atom is -0.482 e. The van der Waals surface area contributed by atoms with E-state index in [1.807, 2.05) is 49.0 Å². The summed E-state index contributed by atoms with van der Waals surface area (Å²) in [6.45, 7) is 1.88. The SMILES string of the molecule is CC(C(=O)Nc1ccc2c(c1)OCC(=O)N2)c1cn(C)c2ccccc12. The molecular formula is C20H19N3O3. The Bertz CT molecular complexity index is 1020. The molecule has 4 rings (SSSR count). The lowest BCUT2D eigenvalue weighted by Gasteiger charge is -2.19. The average molecular weight is 349 g/mol. The van der Waals surface area contributed by atoms with Gasteiger partial charge < -0.3 is 19.9 Å². The first-order valence-electron chi connectivity index (χ1n) is 8.44. The number of hydrogen-bond acceptors (Lipinski definition) is 3. The van der Waals surface area contributed by atoms with Crippen LogP contribution < -0.4 is 15.4 Å². The van der Waals surface area contributed by atoms with E-state index >= 15 is 0 Å². The molecule has 26 heavy (non-hydrogen) atoms. The highest BCUT2D eigenvalue weighted by molar-refractivity contribution is 6.00. The summed E-state index contributed by atoms with van der Waals surface area (Å²) < 4.78 is 7.43. The smallest absolute Gasteiger partial charge is 0.262 e. The van der Waals surface area contributed by atoms with Gasteiger partial charge in [0.05, 0.1) is 11.6 Å². The van der Waals surface area contributed by atoms with Gasteiger partial charge in [0.2, 0.25) is 5.91 Å². The second-order valence-corrected chi connectivity index (χ2v) is 6.47. The summed E-state index contributed by atoms with van der Waals surface area (Å²) in [6.07, 6.45) is 2.00. The summed E-state index contributed by atoms with van der Waals surface area (Å²) in [5, 5.41) is 6.74. The van der Waals surface area contributed by atoms with Crippen LogP contribution in [-0.2, 0) is 16.6 Å². The van der Waals surface area contributed by atoms with Gasteiger partial charge in [0.1, 0.15) is 5.75 Å². The highest BCUT2D eigenvalue weighted by Gasteiger charge is 2.21. The van der Waals surface area contributed by atoms with Gasteiger partial charge in [-0.1, -0.05) is 18.2 Å². The minimum absolute atomic E-state index is 0.0171. The van der Waals surface area contributed by atoms with Crippen molar-refractivity contribution in [3.63, 3.8) is 0 Å². The molecule has 6 nitrogen and oxygen atoms in total. The molecule has 0 spiro atoms. The van der Waals surface area contributed by atoms with E-state index < -0.39 is 0 Å². The van der Waals surface area contributed by atoms with Crippen LogP contribution in [0.3, 0.4) is 0 Å². The Labute approximate surface area is 150 Å². The number of aryl methyl sites for hydroxylation is 1. The average Bonchev–Trinajstić information content (AvgIpc) is 2.98. The third-order valence-corrected chi connectivity index (χ3v) is 4.67. The topological polar surface area (TPSA) is 72.4 Å². The van der Waals surface area contributed by atoms with E-state index in [0.29, 0.717) is 17.1 Å². The zero-order valence-corrected chi connectivity index (χ0v) is 14.6. The molecule has 0 aliphatic carbocycles. The number of rotatable bonds is 3. The van der Waals surface area contributed by atoms with E-state index in [0.717, 1.165) is 16.5 Å². The Morgan fingerprint density at radius 3 is 2.92 bits per heavy atom. The van der Waals surface area contributed by atoms with Gasteiger partial charge in [-0.05, 0) is 30.7 Å². The summed E-state index contributed by atoms with van der Waals surface area (Å²) in [4.78, 5) is 24.1. The zero-order chi connectivity index (χ0) is 18.3. The van der Waals surface area contributed by atoms with Crippen molar-refractivity contribution in [1.29, 1.82) is 0 Å². The Hall–Kier alpha value is -3.28. The zero-order valence-electron chi connectivity index (χ0n) is 14.6. The maximum absolute atomic E-state index is 12.8. The number of nitrogens with one attached hydrogen (secondary N) is 2. The van der Waals surface area contributed by atoms with Crippen molar-refractivity contribution in [2.75, 3.05) is 17.2 Å². The molecule has 3 aromatic rings. The second-order valence-electron chi connectivity index (χ2n) is 6.47. The molecule has 1 atom stereocenters. The molecule has 1 aliphatic heterocycles. The van der Waals surface area contributed by atoms with Crippen LogP contribution in [0.25, 0.3) is 10.9 Å². The van der Waals surface area contributed by atoms with Gasteiger partial charge in [0, 0.05) is 35.9 Å². The van der Waals surface area contributed by atoms with Crippen LogP contribution in [0.1, 0.15) is 18.4 Å². The van der Waals surface area contributed by atoms with Crippen LogP contribution in [-0.4, -0.2) is 23.0 Å². The van der Waals surface area contributed by atoms with Crippen molar-refractivity contribution in [3.8, 4) is 5.75 Å². The van der Waals surface area contributed by atoms with E-state index in [2.05, 4.69) is 10.6 Å². The predicted octanol–water partition coefficient (Wildman–Crippen LogP) is 3.25. The van der Waals surface area contributed by atoms with Gasteiger partial charge >= 0.3 is 0 Å². The quantitative estimate of drug-likeness (QED) is 0.762. The fourth-order valence-electron chi connectivity index (χ4n) is 3.26. The maximum Gasteiger partial charge on any atom is 0.262 e. The third-order valence-electron chi connectivity index (χ3n) is 4.67. The van der Waals surface area contributed by atoms with Crippen LogP contribution in [0.15, 0.2) is 48.7 Å². The molecule has 1 aromatic heterocycles.